The second kappa shape index (κ2) is 14.2. The molecule has 3 aromatic carbocycles. The quantitative estimate of drug-likeness (QED) is 0.287. The van der Waals surface area contributed by atoms with E-state index in [0.717, 1.165) is 10.6 Å². The smallest absolute Gasteiger partial charge is 0.244 e. The van der Waals surface area contributed by atoms with E-state index in [1.807, 2.05) is 51.1 Å². The molecule has 0 fully saturated rings. The summed E-state index contributed by atoms with van der Waals surface area (Å²) in [6, 6.07) is 21.9. The van der Waals surface area contributed by atoms with Gasteiger partial charge in [-0.05, 0) is 60.4 Å². The van der Waals surface area contributed by atoms with Crippen LogP contribution in [0.4, 0.5) is 5.69 Å². The molecule has 0 radical (unpaired) electrons. The van der Waals surface area contributed by atoms with Gasteiger partial charge < -0.3 is 15.0 Å². The summed E-state index contributed by atoms with van der Waals surface area (Å²) in [5.74, 6) is 0.556. The third-order valence-electron chi connectivity index (χ3n) is 6.15. The van der Waals surface area contributed by atoms with Gasteiger partial charge in [-0.2, -0.15) is 0 Å². The first-order chi connectivity index (χ1) is 19.0. The highest BCUT2D eigenvalue weighted by Gasteiger charge is 2.32. The average molecular weight is 586 g/mol. The number of ether oxygens (including phenoxy) is 1. The Bertz CT molecular complexity index is 1380. The van der Waals surface area contributed by atoms with Gasteiger partial charge in [0.2, 0.25) is 21.8 Å². The lowest BCUT2D eigenvalue weighted by Crippen LogP contribution is -2.52. The van der Waals surface area contributed by atoms with Crippen molar-refractivity contribution in [3.8, 4) is 11.5 Å². The van der Waals surface area contributed by atoms with Crippen molar-refractivity contribution in [3.63, 3.8) is 0 Å². The fourth-order valence-electron chi connectivity index (χ4n) is 4.07. The van der Waals surface area contributed by atoms with Crippen LogP contribution >= 0.6 is 11.6 Å². The van der Waals surface area contributed by atoms with E-state index in [2.05, 4.69) is 5.32 Å². The van der Waals surface area contributed by atoms with E-state index >= 15 is 0 Å². The number of halogens is 1. The number of carbonyl (C=O) groups is 2. The summed E-state index contributed by atoms with van der Waals surface area (Å²) < 4.78 is 32.5. The Balaban J connectivity index is 1.89. The Kier molecular flexibility index (Phi) is 11.0. The molecule has 1 unspecified atom stereocenters. The number of hydrogen-bond acceptors (Lipinski definition) is 5. The molecular weight excluding hydrogens is 550 g/mol. The van der Waals surface area contributed by atoms with Crippen molar-refractivity contribution in [2.24, 2.45) is 5.92 Å². The molecule has 2 amide bonds. The van der Waals surface area contributed by atoms with Gasteiger partial charge in [0.25, 0.3) is 0 Å². The molecular formula is C30H36ClN3O5S. The van der Waals surface area contributed by atoms with Crippen LogP contribution in [0.3, 0.4) is 0 Å². The molecule has 1 N–H and O–H groups in total. The normalized spacial score (nSPS) is 12.1. The van der Waals surface area contributed by atoms with Crippen LogP contribution in [-0.2, 0) is 26.2 Å². The Morgan fingerprint density at radius 1 is 0.925 bits per heavy atom. The van der Waals surface area contributed by atoms with Gasteiger partial charge >= 0.3 is 0 Å². The van der Waals surface area contributed by atoms with Crippen molar-refractivity contribution in [1.82, 2.24) is 10.2 Å². The number of benzene rings is 3. The second-order valence-electron chi connectivity index (χ2n) is 9.85. The molecule has 3 aromatic rings. The van der Waals surface area contributed by atoms with Crippen LogP contribution in [0.5, 0.6) is 11.5 Å². The first-order valence-electron chi connectivity index (χ1n) is 13.1. The average Bonchev–Trinajstić information content (AvgIpc) is 2.92. The highest BCUT2D eigenvalue weighted by atomic mass is 35.5. The molecule has 0 aliphatic rings. The van der Waals surface area contributed by atoms with Crippen molar-refractivity contribution in [3.05, 3.63) is 89.4 Å². The summed E-state index contributed by atoms with van der Waals surface area (Å²) in [7, 11) is -3.86. The van der Waals surface area contributed by atoms with Gasteiger partial charge in [-0.3, -0.25) is 13.9 Å². The standard InChI is InChI=1S/C30H36ClN3O5S/c1-5-28(30(36)32-19-22(2)3)33(20-23-11-9-10-14-27(23)31)29(35)21-34(40(4,37)38)24-15-17-26(18-16-24)39-25-12-7-6-8-13-25/h6-18,22,28H,5,19-21H2,1-4H3,(H,32,36). The van der Waals surface area contributed by atoms with Gasteiger partial charge in [0, 0.05) is 18.1 Å². The highest BCUT2D eigenvalue weighted by Crippen LogP contribution is 2.26. The van der Waals surface area contributed by atoms with Gasteiger partial charge in [-0.15, -0.1) is 0 Å². The summed E-state index contributed by atoms with van der Waals surface area (Å²) in [4.78, 5) is 28.4. The minimum absolute atomic E-state index is 0.0492. The van der Waals surface area contributed by atoms with Gasteiger partial charge in [0.15, 0.2) is 0 Å². The maximum atomic E-state index is 13.8. The van der Waals surface area contributed by atoms with Crippen molar-refractivity contribution in [1.29, 1.82) is 0 Å². The number of nitrogens with one attached hydrogen (secondary N) is 1. The zero-order chi connectivity index (χ0) is 29.3. The molecule has 0 aromatic heterocycles. The lowest BCUT2D eigenvalue weighted by Gasteiger charge is -2.33. The molecule has 10 heteroatoms. The molecule has 0 bridgehead atoms. The number of sulfonamides is 1. The summed E-state index contributed by atoms with van der Waals surface area (Å²) in [5, 5.41) is 3.35. The SMILES string of the molecule is CCC(C(=O)NCC(C)C)N(Cc1ccccc1Cl)C(=O)CN(c1ccc(Oc2ccccc2)cc1)S(C)(=O)=O. The zero-order valence-electron chi connectivity index (χ0n) is 23.2. The van der Waals surface area contributed by atoms with E-state index in [9.17, 15) is 18.0 Å². The van der Waals surface area contributed by atoms with Crippen LogP contribution in [-0.4, -0.2) is 50.5 Å². The lowest BCUT2D eigenvalue weighted by molar-refractivity contribution is -0.140. The number of hydrogen-bond donors (Lipinski definition) is 1. The molecule has 0 aliphatic heterocycles. The summed E-state index contributed by atoms with van der Waals surface area (Å²) >= 11 is 6.39. The van der Waals surface area contributed by atoms with Gasteiger partial charge in [-0.25, -0.2) is 8.42 Å². The van der Waals surface area contributed by atoms with Crippen LogP contribution in [0.1, 0.15) is 32.8 Å². The van der Waals surface area contributed by atoms with Gasteiger partial charge in [0.05, 0.1) is 11.9 Å². The molecule has 0 saturated heterocycles. The number of amides is 2. The minimum atomic E-state index is -3.86. The van der Waals surface area contributed by atoms with E-state index in [1.165, 1.54) is 4.90 Å². The Morgan fingerprint density at radius 2 is 1.52 bits per heavy atom. The third-order valence-corrected chi connectivity index (χ3v) is 7.66. The summed E-state index contributed by atoms with van der Waals surface area (Å²) in [6.45, 7) is 5.79. The Labute approximate surface area is 241 Å². The third kappa shape index (κ3) is 8.72. The highest BCUT2D eigenvalue weighted by molar-refractivity contribution is 7.92. The predicted octanol–water partition coefficient (Wildman–Crippen LogP) is 5.48. The minimum Gasteiger partial charge on any atom is -0.457 e. The van der Waals surface area contributed by atoms with E-state index in [0.29, 0.717) is 40.7 Å². The largest absolute Gasteiger partial charge is 0.457 e. The number of rotatable bonds is 13. The molecule has 40 heavy (non-hydrogen) atoms. The van der Waals surface area contributed by atoms with E-state index < -0.39 is 28.5 Å². The van der Waals surface area contributed by atoms with Crippen molar-refractivity contribution >= 4 is 39.1 Å². The molecule has 1 atom stereocenters. The first kappa shape index (κ1) is 31.0. The maximum absolute atomic E-state index is 13.8. The van der Waals surface area contributed by atoms with E-state index in [-0.39, 0.29) is 18.4 Å². The van der Waals surface area contributed by atoms with Gasteiger partial charge in [0.1, 0.15) is 24.1 Å². The van der Waals surface area contributed by atoms with Crippen LogP contribution in [0.2, 0.25) is 5.02 Å². The summed E-state index contributed by atoms with van der Waals surface area (Å²) in [6.07, 6.45) is 1.38. The van der Waals surface area contributed by atoms with Crippen LogP contribution in [0, 0.1) is 5.92 Å². The molecule has 0 heterocycles. The Hall–Kier alpha value is -3.56. The fraction of sp³-hybridized carbons (Fsp3) is 0.333. The van der Waals surface area contributed by atoms with Gasteiger partial charge in [-0.1, -0.05) is 68.8 Å². The van der Waals surface area contributed by atoms with E-state index in [1.54, 1.807) is 48.5 Å². The number of anilines is 1. The predicted molar refractivity (Wildman–Crippen MR) is 159 cm³/mol. The van der Waals surface area contributed by atoms with Crippen molar-refractivity contribution < 1.29 is 22.7 Å². The number of nitrogens with zero attached hydrogens (tertiary/aromatic N) is 2. The molecule has 0 spiro atoms. The second-order valence-corrected chi connectivity index (χ2v) is 12.2. The number of carbonyl (C=O) groups excluding carboxylic acids is 2. The molecule has 0 saturated carbocycles. The lowest BCUT2D eigenvalue weighted by atomic mass is 10.1. The Morgan fingerprint density at radius 3 is 2.10 bits per heavy atom. The maximum Gasteiger partial charge on any atom is 0.244 e. The topological polar surface area (TPSA) is 96.0 Å². The molecule has 214 valence electrons. The van der Waals surface area contributed by atoms with E-state index in [4.69, 9.17) is 16.3 Å². The summed E-state index contributed by atoms with van der Waals surface area (Å²) in [5.41, 5.74) is 0.951. The van der Waals surface area contributed by atoms with Crippen molar-refractivity contribution in [2.45, 2.75) is 39.8 Å². The zero-order valence-corrected chi connectivity index (χ0v) is 24.8. The molecule has 8 nitrogen and oxygen atoms in total. The first-order valence-corrected chi connectivity index (χ1v) is 15.3. The fourth-order valence-corrected chi connectivity index (χ4v) is 5.12. The monoisotopic (exact) mass is 585 g/mol. The van der Waals surface area contributed by atoms with Crippen LogP contribution in [0.25, 0.3) is 0 Å². The number of para-hydroxylation sites is 1. The van der Waals surface area contributed by atoms with Crippen molar-refractivity contribution in [2.75, 3.05) is 23.7 Å². The molecule has 3 rings (SSSR count). The van der Waals surface area contributed by atoms with Crippen LogP contribution < -0.4 is 14.4 Å². The molecule has 0 aliphatic carbocycles. The van der Waals surface area contributed by atoms with Crippen LogP contribution in [0.15, 0.2) is 78.9 Å².